The molecular weight excluding hydrogens is 496 g/mol. The zero-order chi connectivity index (χ0) is 28.1. The molecule has 1 saturated carbocycles. The fourth-order valence-electron chi connectivity index (χ4n) is 7.66. The Morgan fingerprint density at radius 3 is 2.77 bits per heavy atom. The molecule has 0 bridgehead atoms. The Balaban J connectivity index is 1.06. The van der Waals surface area contributed by atoms with E-state index in [1.54, 1.807) is 0 Å². The molecule has 40 heavy (non-hydrogen) atoms. The molecule has 2 heterocycles. The van der Waals surface area contributed by atoms with E-state index in [-0.39, 0.29) is 24.0 Å². The minimum atomic E-state index is -0.381. The van der Waals surface area contributed by atoms with Crippen molar-refractivity contribution >= 4 is 22.6 Å². The summed E-state index contributed by atoms with van der Waals surface area (Å²) in [5.74, 6) is 1.12. The molecule has 3 aliphatic rings. The molecule has 2 aliphatic carbocycles. The monoisotopic (exact) mass is 546 g/mol. The van der Waals surface area contributed by atoms with Crippen LogP contribution in [0.2, 0.25) is 0 Å². The van der Waals surface area contributed by atoms with Gasteiger partial charge >= 0.3 is 0 Å². The van der Waals surface area contributed by atoms with Gasteiger partial charge in [0, 0.05) is 48.4 Å². The maximum Gasteiger partial charge on any atom is 0.223 e. The number of carbonyl (C=O) groups is 2. The van der Waals surface area contributed by atoms with Gasteiger partial charge in [0.15, 0.2) is 0 Å². The number of aliphatic hydroxyl groups excluding tert-OH is 1. The van der Waals surface area contributed by atoms with Crippen LogP contribution >= 0.6 is 0 Å². The second-order valence-electron chi connectivity index (χ2n) is 12.7. The summed E-state index contributed by atoms with van der Waals surface area (Å²) >= 11 is 0. The molecule has 5 heteroatoms. The first-order valence-electron chi connectivity index (χ1n) is 16.3. The Bertz CT molecular complexity index is 1210. The van der Waals surface area contributed by atoms with Gasteiger partial charge in [-0.25, -0.2) is 0 Å². The Morgan fingerprint density at radius 1 is 1.07 bits per heavy atom. The summed E-state index contributed by atoms with van der Waals surface area (Å²) in [6, 6.07) is 7.05. The number of benzene rings is 1. The number of allylic oxidation sites excluding steroid dienone is 1. The molecule has 218 valence electrons. The van der Waals surface area contributed by atoms with Crippen molar-refractivity contribution in [2.24, 2.45) is 11.8 Å². The number of ketones is 1. The quantitative estimate of drug-likeness (QED) is 0.208. The zero-order valence-corrected chi connectivity index (χ0v) is 24.9. The number of Topliss-reactive ketones (excluding diaryl/α,β-unsaturated/α-hetero) is 1. The van der Waals surface area contributed by atoms with Gasteiger partial charge in [-0.1, -0.05) is 69.2 Å². The number of aromatic nitrogens is 1. The van der Waals surface area contributed by atoms with Gasteiger partial charge in [-0.15, -0.1) is 0 Å². The van der Waals surface area contributed by atoms with Crippen molar-refractivity contribution in [1.82, 2.24) is 9.47 Å². The Labute approximate surface area is 241 Å². The van der Waals surface area contributed by atoms with Gasteiger partial charge in [-0.05, 0) is 75.5 Å². The molecule has 1 amide bonds. The topological polar surface area (TPSA) is 62.5 Å². The Hall–Kier alpha value is -2.40. The van der Waals surface area contributed by atoms with Crippen LogP contribution in [0.25, 0.3) is 10.9 Å². The first kappa shape index (κ1) is 29.1. The molecule has 2 aromatic rings. The highest BCUT2D eigenvalue weighted by molar-refractivity contribution is 5.88. The molecule has 1 fully saturated rings. The van der Waals surface area contributed by atoms with Crippen molar-refractivity contribution in [3.63, 3.8) is 0 Å². The van der Waals surface area contributed by atoms with Crippen LogP contribution in [-0.2, 0) is 22.6 Å². The van der Waals surface area contributed by atoms with E-state index in [9.17, 15) is 14.7 Å². The molecule has 1 N–H and O–H groups in total. The van der Waals surface area contributed by atoms with E-state index in [2.05, 4.69) is 47.6 Å². The lowest BCUT2D eigenvalue weighted by Gasteiger charge is -2.40. The van der Waals surface area contributed by atoms with Gasteiger partial charge in [-0.2, -0.15) is 0 Å². The normalized spacial score (nSPS) is 23.3. The predicted molar refractivity (Wildman–Crippen MR) is 162 cm³/mol. The van der Waals surface area contributed by atoms with Gasteiger partial charge in [-0.3, -0.25) is 9.59 Å². The van der Waals surface area contributed by atoms with Crippen LogP contribution in [0.1, 0.15) is 120 Å². The molecule has 1 unspecified atom stereocenters. The summed E-state index contributed by atoms with van der Waals surface area (Å²) in [4.78, 5) is 28.1. The molecule has 1 aromatic heterocycles. The summed E-state index contributed by atoms with van der Waals surface area (Å²) in [7, 11) is 0. The van der Waals surface area contributed by atoms with Gasteiger partial charge in [0.05, 0.1) is 12.1 Å². The van der Waals surface area contributed by atoms with Crippen LogP contribution in [0.15, 0.2) is 30.4 Å². The number of nitrogens with zero attached hydrogens (tertiary/aromatic N) is 2. The maximum absolute atomic E-state index is 13.4. The van der Waals surface area contributed by atoms with Crippen molar-refractivity contribution in [1.29, 1.82) is 0 Å². The van der Waals surface area contributed by atoms with Crippen LogP contribution in [0.4, 0.5) is 0 Å². The van der Waals surface area contributed by atoms with Crippen molar-refractivity contribution in [2.45, 2.75) is 129 Å². The van der Waals surface area contributed by atoms with E-state index in [0.29, 0.717) is 24.5 Å². The fraction of sp³-hybridized carbons (Fsp3) is 0.657. The molecule has 1 aliphatic heterocycles. The number of fused-ring (bicyclic) bond motifs is 3. The van der Waals surface area contributed by atoms with Crippen molar-refractivity contribution in [3.05, 3.63) is 47.2 Å². The second-order valence-corrected chi connectivity index (χ2v) is 12.7. The molecular formula is C35H50N2O3. The molecule has 1 aromatic carbocycles. The lowest BCUT2D eigenvalue weighted by atomic mass is 9.89. The second kappa shape index (κ2) is 13.5. The number of aliphatic hydroxyl groups is 1. The summed E-state index contributed by atoms with van der Waals surface area (Å²) in [5, 5.41) is 11.6. The van der Waals surface area contributed by atoms with E-state index >= 15 is 0 Å². The largest absolute Gasteiger partial charge is 0.389 e. The average Bonchev–Trinajstić information content (AvgIpc) is 3.47. The van der Waals surface area contributed by atoms with Crippen LogP contribution in [0.3, 0.4) is 0 Å². The average molecular weight is 547 g/mol. The van der Waals surface area contributed by atoms with Gasteiger partial charge in [0.2, 0.25) is 5.91 Å². The number of aryl methyl sites for hydroxylation is 2. The zero-order valence-electron chi connectivity index (χ0n) is 24.9. The summed E-state index contributed by atoms with van der Waals surface area (Å²) in [6.07, 6.45) is 18.5. The van der Waals surface area contributed by atoms with E-state index in [0.717, 1.165) is 96.6 Å². The minimum absolute atomic E-state index is 0.116. The van der Waals surface area contributed by atoms with Crippen LogP contribution in [-0.4, -0.2) is 38.9 Å². The summed E-state index contributed by atoms with van der Waals surface area (Å²) in [5.41, 5.74) is 5.54. The highest BCUT2D eigenvalue weighted by Gasteiger charge is 2.37. The summed E-state index contributed by atoms with van der Waals surface area (Å²) in [6.45, 7) is 6.06. The van der Waals surface area contributed by atoms with Crippen LogP contribution in [0, 0.1) is 18.8 Å². The molecule has 5 rings (SSSR count). The van der Waals surface area contributed by atoms with Crippen molar-refractivity contribution in [2.75, 3.05) is 6.54 Å². The number of rotatable bonds is 13. The third kappa shape index (κ3) is 6.40. The third-order valence-corrected chi connectivity index (χ3v) is 9.84. The van der Waals surface area contributed by atoms with Gasteiger partial charge < -0.3 is 14.6 Å². The Kier molecular flexibility index (Phi) is 9.83. The number of unbranched alkanes of at least 4 members (excludes halogenated alkanes) is 5. The highest BCUT2D eigenvalue weighted by Crippen LogP contribution is 2.43. The standard InChI is InChI=1S/C35H50N2O3/c1-3-4-7-11-27(38)19-17-26-18-21-33(39)28(26)12-8-5-6-9-15-34(40)36-22-23-37-31-20-16-25(2)24-30(31)29-13-10-14-32(36)35(29)37/h16-17,19-20,24,26-28,32,38H,3-15,18,21-23H2,1-2H3/b19-17+/t26-,27-,28+,32?/m0/s1. The predicted octanol–water partition coefficient (Wildman–Crippen LogP) is 7.60. The van der Waals surface area contributed by atoms with Gasteiger partial charge in [0.25, 0.3) is 0 Å². The molecule has 0 spiro atoms. The lowest BCUT2D eigenvalue weighted by Crippen LogP contribution is -2.43. The molecule has 5 nitrogen and oxygen atoms in total. The number of hydrogen-bond donors (Lipinski definition) is 1. The number of carbonyl (C=O) groups excluding carboxylic acids is 2. The van der Waals surface area contributed by atoms with Crippen molar-refractivity contribution < 1.29 is 14.7 Å². The SMILES string of the molecule is CCCCC[C@H](O)/C=C/[C@H]1CCC(=O)[C@@H]1CCCCCCC(=O)N1CCn2c3c(c4cc(C)ccc42)CCCC31. The first-order chi connectivity index (χ1) is 19.5. The molecule has 0 saturated heterocycles. The van der Waals surface area contributed by atoms with Crippen LogP contribution in [0.5, 0.6) is 0 Å². The minimum Gasteiger partial charge on any atom is -0.389 e. The summed E-state index contributed by atoms with van der Waals surface area (Å²) < 4.78 is 2.50. The number of amides is 1. The lowest BCUT2D eigenvalue weighted by molar-refractivity contribution is -0.135. The van der Waals surface area contributed by atoms with E-state index in [1.807, 2.05) is 6.08 Å². The van der Waals surface area contributed by atoms with Crippen LogP contribution < -0.4 is 0 Å². The van der Waals surface area contributed by atoms with E-state index in [1.165, 1.54) is 27.7 Å². The van der Waals surface area contributed by atoms with E-state index in [4.69, 9.17) is 0 Å². The first-order valence-corrected chi connectivity index (χ1v) is 16.3. The highest BCUT2D eigenvalue weighted by atomic mass is 16.3. The van der Waals surface area contributed by atoms with E-state index < -0.39 is 0 Å². The maximum atomic E-state index is 13.4. The molecule has 0 radical (unpaired) electrons. The van der Waals surface area contributed by atoms with Gasteiger partial charge in [0.1, 0.15) is 5.78 Å². The fourth-order valence-corrected chi connectivity index (χ4v) is 7.66. The smallest absolute Gasteiger partial charge is 0.223 e. The third-order valence-electron chi connectivity index (χ3n) is 9.84. The molecule has 4 atom stereocenters. The van der Waals surface area contributed by atoms with Crippen molar-refractivity contribution in [3.8, 4) is 0 Å². The Morgan fingerprint density at radius 2 is 1.93 bits per heavy atom. The number of hydrogen-bond acceptors (Lipinski definition) is 3.